The van der Waals surface area contributed by atoms with Crippen LogP contribution in [-0.4, -0.2) is 22.4 Å². The fourth-order valence-electron chi connectivity index (χ4n) is 3.01. The van der Waals surface area contributed by atoms with Gasteiger partial charge >= 0.3 is 0 Å². The Labute approximate surface area is 139 Å². The monoisotopic (exact) mass is 314 g/mol. The van der Waals surface area contributed by atoms with Crippen LogP contribution in [0.5, 0.6) is 0 Å². The van der Waals surface area contributed by atoms with Gasteiger partial charge in [0, 0.05) is 0 Å². The molecule has 2 heteroatoms. The van der Waals surface area contributed by atoms with E-state index in [1.807, 2.05) is 6.92 Å². The Morgan fingerprint density at radius 3 is 1.36 bits per heavy atom. The number of hydrogen-bond donors (Lipinski definition) is 2. The molecule has 0 aromatic carbocycles. The lowest BCUT2D eigenvalue weighted by Crippen LogP contribution is -2.06. The molecule has 0 saturated carbocycles. The van der Waals surface area contributed by atoms with E-state index in [0.29, 0.717) is 0 Å². The average Bonchev–Trinajstić information content (AvgIpc) is 2.48. The van der Waals surface area contributed by atoms with Crippen LogP contribution in [0.15, 0.2) is 0 Å². The van der Waals surface area contributed by atoms with Gasteiger partial charge in [-0.15, -0.1) is 0 Å². The Kier molecular flexibility index (Phi) is 17.2. The van der Waals surface area contributed by atoms with Crippen molar-refractivity contribution >= 4 is 0 Å². The predicted octanol–water partition coefficient (Wildman–Crippen LogP) is 5.99. The van der Waals surface area contributed by atoms with Crippen molar-refractivity contribution in [3.05, 3.63) is 0 Å². The molecule has 2 nitrogen and oxygen atoms in total. The minimum Gasteiger partial charge on any atom is -0.393 e. The van der Waals surface area contributed by atoms with Crippen LogP contribution in [0, 0.1) is 0 Å². The fraction of sp³-hybridized carbons (Fsp3) is 1.00. The number of aliphatic hydroxyl groups is 2. The SMILES string of the molecule is CCCCCCCCCCCCC(O)CCCCCC(C)O. The molecular formula is C20H42O2. The predicted molar refractivity (Wildman–Crippen MR) is 97.2 cm³/mol. The molecule has 0 bridgehead atoms. The summed E-state index contributed by atoms with van der Waals surface area (Å²) < 4.78 is 0. The van der Waals surface area contributed by atoms with E-state index in [4.69, 9.17) is 0 Å². The summed E-state index contributed by atoms with van der Waals surface area (Å²) in [7, 11) is 0. The van der Waals surface area contributed by atoms with Crippen molar-refractivity contribution in [2.75, 3.05) is 0 Å². The first kappa shape index (κ1) is 21.9. The maximum absolute atomic E-state index is 9.93. The van der Waals surface area contributed by atoms with E-state index in [2.05, 4.69) is 6.92 Å². The van der Waals surface area contributed by atoms with E-state index in [0.717, 1.165) is 38.5 Å². The molecule has 0 aromatic heterocycles. The van der Waals surface area contributed by atoms with Gasteiger partial charge in [-0.2, -0.15) is 0 Å². The second-order valence-corrected chi connectivity index (χ2v) is 7.11. The van der Waals surface area contributed by atoms with Crippen molar-refractivity contribution in [3.63, 3.8) is 0 Å². The third-order valence-electron chi connectivity index (χ3n) is 4.55. The molecule has 0 spiro atoms. The largest absolute Gasteiger partial charge is 0.393 e. The highest BCUT2D eigenvalue weighted by Gasteiger charge is 2.04. The maximum atomic E-state index is 9.93. The van der Waals surface area contributed by atoms with Crippen molar-refractivity contribution in [2.45, 2.75) is 129 Å². The van der Waals surface area contributed by atoms with E-state index in [-0.39, 0.29) is 12.2 Å². The Balaban J connectivity index is 3.13. The molecule has 0 aromatic rings. The minimum absolute atomic E-state index is 0.0967. The molecule has 0 amide bonds. The van der Waals surface area contributed by atoms with Crippen LogP contribution in [-0.2, 0) is 0 Å². The number of aliphatic hydroxyl groups excluding tert-OH is 2. The lowest BCUT2D eigenvalue weighted by molar-refractivity contribution is 0.145. The highest BCUT2D eigenvalue weighted by molar-refractivity contribution is 4.58. The summed E-state index contributed by atoms with van der Waals surface area (Å²) >= 11 is 0. The van der Waals surface area contributed by atoms with Crippen LogP contribution in [0.4, 0.5) is 0 Å². The molecule has 0 fully saturated rings. The van der Waals surface area contributed by atoms with E-state index in [1.165, 1.54) is 64.2 Å². The van der Waals surface area contributed by atoms with Gasteiger partial charge in [-0.3, -0.25) is 0 Å². The van der Waals surface area contributed by atoms with Crippen molar-refractivity contribution in [2.24, 2.45) is 0 Å². The van der Waals surface area contributed by atoms with Gasteiger partial charge in [-0.25, -0.2) is 0 Å². The van der Waals surface area contributed by atoms with Crippen LogP contribution in [0.3, 0.4) is 0 Å². The van der Waals surface area contributed by atoms with E-state index in [1.54, 1.807) is 0 Å². The Hall–Kier alpha value is -0.0800. The van der Waals surface area contributed by atoms with Crippen molar-refractivity contribution in [1.82, 2.24) is 0 Å². The number of unbranched alkanes of at least 4 members (excludes halogenated alkanes) is 11. The van der Waals surface area contributed by atoms with E-state index >= 15 is 0 Å². The molecule has 134 valence electrons. The van der Waals surface area contributed by atoms with Crippen LogP contribution in [0.2, 0.25) is 0 Å². The summed E-state index contributed by atoms with van der Waals surface area (Å²) in [5.74, 6) is 0. The Bertz CT molecular complexity index is 204. The summed E-state index contributed by atoms with van der Waals surface area (Å²) in [6.07, 6.45) is 19.4. The molecule has 22 heavy (non-hydrogen) atoms. The lowest BCUT2D eigenvalue weighted by atomic mass is 10.0. The second-order valence-electron chi connectivity index (χ2n) is 7.11. The summed E-state index contributed by atoms with van der Waals surface area (Å²) in [5.41, 5.74) is 0. The zero-order chi connectivity index (χ0) is 16.5. The molecule has 2 unspecified atom stereocenters. The molecule has 2 atom stereocenters. The molecular weight excluding hydrogens is 272 g/mol. The highest BCUT2D eigenvalue weighted by atomic mass is 16.3. The summed E-state index contributed by atoms with van der Waals surface area (Å²) in [6, 6.07) is 0. The average molecular weight is 315 g/mol. The number of rotatable bonds is 17. The number of hydrogen-bond acceptors (Lipinski definition) is 2. The van der Waals surface area contributed by atoms with Gasteiger partial charge in [0.05, 0.1) is 12.2 Å². The third kappa shape index (κ3) is 18.0. The van der Waals surface area contributed by atoms with Gasteiger partial charge in [0.1, 0.15) is 0 Å². The first-order valence-electron chi connectivity index (χ1n) is 10.0. The summed E-state index contributed by atoms with van der Waals surface area (Å²) in [6.45, 7) is 4.12. The van der Waals surface area contributed by atoms with Crippen molar-refractivity contribution in [3.8, 4) is 0 Å². The Morgan fingerprint density at radius 1 is 0.545 bits per heavy atom. The van der Waals surface area contributed by atoms with Gasteiger partial charge in [0.25, 0.3) is 0 Å². The summed E-state index contributed by atoms with van der Waals surface area (Å²) in [4.78, 5) is 0. The molecule has 0 aliphatic rings. The van der Waals surface area contributed by atoms with Gasteiger partial charge in [0.2, 0.25) is 0 Å². The highest BCUT2D eigenvalue weighted by Crippen LogP contribution is 2.14. The van der Waals surface area contributed by atoms with Gasteiger partial charge in [0.15, 0.2) is 0 Å². The van der Waals surface area contributed by atoms with E-state index < -0.39 is 0 Å². The molecule has 0 aliphatic heterocycles. The molecule has 0 rings (SSSR count). The molecule has 2 N–H and O–H groups in total. The smallest absolute Gasteiger partial charge is 0.0540 e. The maximum Gasteiger partial charge on any atom is 0.0540 e. The quantitative estimate of drug-likeness (QED) is 0.324. The fourth-order valence-corrected chi connectivity index (χ4v) is 3.01. The van der Waals surface area contributed by atoms with Crippen molar-refractivity contribution in [1.29, 1.82) is 0 Å². The van der Waals surface area contributed by atoms with Gasteiger partial charge < -0.3 is 10.2 Å². The van der Waals surface area contributed by atoms with Gasteiger partial charge in [-0.1, -0.05) is 90.4 Å². The van der Waals surface area contributed by atoms with Crippen LogP contribution in [0.1, 0.15) is 117 Å². The first-order valence-corrected chi connectivity index (χ1v) is 10.0. The zero-order valence-corrected chi connectivity index (χ0v) is 15.4. The van der Waals surface area contributed by atoms with Crippen LogP contribution >= 0.6 is 0 Å². The molecule has 0 heterocycles. The van der Waals surface area contributed by atoms with Crippen LogP contribution in [0.25, 0.3) is 0 Å². The first-order chi connectivity index (χ1) is 10.7. The lowest BCUT2D eigenvalue weighted by Gasteiger charge is -2.10. The van der Waals surface area contributed by atoms with Crippen molar-refractivity contribution < 1.29 is 10.2 Å². The normalized spacial score (nSPS) is 14.2. The second kappa shape index (κ2) is 17.3. The van der Waals surface area contributed by atoms with Crippen LogP contribution < -0.4 is 0 Å². The minimum atomic E-state index is -0.170. The standard InChI is InChI=1S/C20H42O2/c1-3-4-5-6-7-8-9-10-11-14-17-20(22)18-15-12-13-16-19(2)21/h19-22H,3-18H2,1-2H3. The zero-order valence-electron chi connectivity index (χ0n) is 15.4. The molecule has 0 saturated heterocycles. The molecule has 0 aliphatic carbocycles. The molecule has 0 radical (unpaired) electrons. The topological polar surface area (TPSA) is 40.5 Å². The van der Waals surface area contributed by atoms with E-state index in [9.17, 15) is 10.2 Å². The third-order valence-corrected chi connectivity index (χ3v) is 4.55. The summed E-state index contributed by atoms with van der Waals surface area (Å²) in [5, 5.41) is 19.1. The Morgan fingerprint density at radius 2 is 0.909 bits per heavy atom. The van der Waals surface area contributed by atoms with Gasteiger partial charge in [-0.05, 0) is 26.2 Å².